The lowest BCUT2D eigenvalue weighted by atomic mass is 10.1. The minimum absolute atomic E-state index is 0. The van der Waals surface area contributed by atoms with Crippen LogP contribution in [0.25, 0.3) is 11.0 Å². The van der Waals surface area contributed by atoms with E-state index in [-0.39, 0.29) is 5.48 Å². The Morgan fingerprint density at radius 1 is 1.13 bits per heavy atom. The van der Waals surface area contributed by atoms with E-state index in [0.29, 0.717) is 0 Å². The van der Waals surface area contributed by atoms with Gasteiger partial charge in [-0.1, -0.05) is 6.07 Å². The second kappa shape index (κ2) is 3.66. The van der Waals surface area contributed by atoms with E-state index in [1.54, 1.807) is 0 Å². The fourth-order valence-electron chi connectivity index (χ4n) is 2.04. The third-order valence-corrected chi connectivity index (χ3v) is 3.35. The molecule has 0 radical (unpaired) electrons. The van der Waals surface area contributed by atoms with Crippen LogP contribution in [0.5, 0.6) is 0 Å². The number of hydrogen-bond donors (Lipinski definition) is 0. The molecule has 3 nitrogen and oxygen atoms in total. The van der Waals surface area contributed by atoms with Crippen LogP contribution in [-0.4, -0.2) is 10.0 Å². The predicted molar refractivity (Wildman–Crippen MR) is 60.2 cm³/mol. The highest BCUT2D eigenvalue weighted by molar-refractivity contribution is 5.77. The van der Waals surface area contributed by atoms with Gasteiger partial charge in [-0.2, -0.15) is 0 Å². The van der Waals surface area contributed by atoms with Crippen molar-refractivity contribution < 1.29 is 10.0 Å². The number of rotatable bonds is 0. The van der Waals surface area contributed by atoms with E-state index in [1.165, 1.54) is 28.0 Å². The van der Waals surface area contributed by atoms with Gasteiger partial charge in [-0.3, -0.25) is 0 Å². The zero-order valence-electron chi connectivity index (χ0n) is 10.00. The molecule has 0 amide bonds. The standard InChI is InChI=1S/C12H17N2.H2O/c1-8-6-7-11-12(9(8)2)14(5)10(3)13(11)4;/h6-7H,1-5H3;1H2/q+1;/p-1. The van der Waals surface area contributed by atoms with Crippen LogP contribution in [0.1, 0.15) is 17.0 Å². The second-order valence-electron chi connectivity index (χ2n) is 4.04. The molecule has 0 spiro atoms. The van der Waals surface area contributed by atoms with Crippen molar-refractivity contribution in [3.63, 3.8) is 0 Å². The molecule has 3 heteroatoms. The lowest BCUT2D eigenvalue weighted by Gasteiger charge is -1.98. The highest BCUT2D eigenvalue weighted by Crippen LogP contribution is 2.19. The molecule has 0 atom stereocenters. The zero-order valence-corrected chi connectivity index (χ0v) is 10.00. The van der Waals surface area contributed by atoms with Gasteiger partial charge < -0.3 is 5.48 Å². The summed E-state index contributed by atoms with van der Waals surface area (Å²) in [5.74, 6) is 1.29. The molecular formula is C12H18N2O. The molecule has 0 saturated carbocycles. The molecule has 0 unspecified atom stereocenters. The number of imidazole rings is 1. The number of fused-ring (bicyclic) bond motifs is 1. The molecule has 15 heavy (non-hydrogen) atoms. The largest absolute Gasteiger partial charge is 0.870 e. The Labute approximate surface area is 90.3 Å². The van der Waals surface area contributed by atoms with Gasteiger partial charge in [0.2, 0.25) is 0 Å². The monoisotopic (exact) mass is 206 g/mol. The summed E-state index contributed by atoms with van der Waals surface area (Å²) >= 11 is 0. The Morgan fingerprint density at radius 2 is 1.73 bits per heavy atom. The predicted octanol–water partition coefficient (Wildman–Crippen LogP) is 1.75. The van der Waals surface area contributed by atoms with Crippen molar-refractivity contribution in [2.75, 3.05) is 0 Å². The first-order valence-corrected chi connectivity index (χ1v) is 4.95. The zero-order chi connectivity index (χ0) is 10.5. The lowest BCUT2D eigenvalue weighted by molar-refractivity contribution is -0.652. The average Bonchev–Trinajstić information content (AvgIpc) is 2.38. The van der Waals surface area contributed by atoms with Crippen LogP contribution >= 0.6 is 0 Å². The normalized spacial score (nSPS) is 10.5. The summed E-state index contributed by atoms with van der Waals surface area (Å²) in [6.45, 7) is 6.50. The highest BCUT2D eigenvalue weighted by atomic mass is 16.0. The molecule has 82 valence electrons. The maximum atomic E-state index is 2.26. The van der Waals surface area contributed by atoms with Crippen molar-refractivity contribution in [3.05, 3.63) is 29.1 Å². The van der Waals surface area contributed by atoms with Crippen LogP contribution in [0, 0.1) is 20.8 Å². The molecule has 0 aliphatic heterocycles. The Morgan fingerprint density at radius 3 is 2.33 bits per heavy atom. The molecule has 0 fully saturated rings. The van der Waals surface area contributed by atoms with Crippen molar-refractivity contribution in [2.24, 2.45) is 14.1 Å². The van der Waals surface area contributed by atoms with Gasteiger partial charge in [-0.25, -0.2) is 9.13 Å². The molecule has 1 aromatic heterocycles. The Balaban J connectivity index is 0.00000112. The van der Waals surface area contributed by atoms with Gasteiger partial charge in [0, 0.05) is 12.5 Å². The van der Waals surface area contributed by atoms with Gasteiger partial charge in [-0.15, -0.1) is 0 Å². The molecule has 1 heterocycles. The Bertz CT molecular complexity index is 512. The first-order valence-electron chi connectivity index (χ1n) is 4.95. The highest BCUT2D eigenvalue weighted by Gasteiger charge is 2.18. The van der Waals surface area contributed by atoms with Crippen molar-refractivity contribution in [1.29, 1.82) is 0 Å². The van der Waals surface area contributed by atoms with Crippen LogP contribution in [0.4, 0.5) is 0 Å². The maximum Gasteiger partial charge on any atom is 0.253 e. The summed E-state index contributed by atoms with van der Waals surface area (Å²) in [4.78, 5) is 0. The summed E-state index contributed by atoms with van der Waals surface area (Å²) in [6.07, 6.45) is 0. The first-order chi connectivity index (χ1) is 6.54. The van der Waals surface area contributed by atoms with Gasteiger partial charge in [-0.05, 0) is 25.5 Å². The van der Waals surface area contributed by atoms with Crippen LogP contribution < -0.4 is 4.57 Å². The summed E-state index contributed by atoms with van der Waals surface area (Å²) in [5, 5.41) is 0. The molecule has 1 aromatic carbocycles. The SMILES string of the molecule is Cc1ccc2c(c1C)[n+](C)c(C)n2C.[OH-]. The van der Waals surface area contributed by atoms with Crippen molar-refractivity contribution in [1.82, 2.24) is 4.57 Å². The third kappa shape index (κ3) is 1.43. The fourth-order valence-corrected chi connectivity index (χ4v) is 2.04. The van der Waals surface area contributed by atoms with E-state index in [1.807, 2.05) is 0 Å². The average molecular weight is 206 g/mol. The molecular weight excluding hydrogens is 188 g/mol. The van der Waals surface area contributed by atoms with Crippen molar-refractivity contribution in [2.45, 2.75) is 20.8 Å². The minimum Gasteiger partial charge on any atom is -0.870 e. The van der Waals surface area contributed by atoms with E-state index in [4.69, 9.17) is 0 Å². The van der Waals surface area contributed by atoms with Crippen LogP contribution in [0.15, 0.2) is 12.1 Å². The number of benzene rings is 1. The summed E-state index contributed by atoms with van der Waals surface area (Å²) in [5.41, 5.74) is 5.41. The van der Waals surface area contributed by atoms with Gasteiger partial charge in [0.05, 0.1) is 14.1 Å². The van der Waals surface area contributed by atoms with Crippen molar-refractivity contribution in [3.8, 4) is 0 Å². The molecule has 2 aromatic rings. The van der Waals surface area contributed by atoms with E-state index in [2.05, 4.69) is 56.1 Å². The molecule has 0 saturated heterocycles. The van der Waals surface area contributed by atoms with Gasteiger partial charge in [0.25, 0.3) is 5.82 Å². The molecule has 1 N–H and O–H groups in total. The number of aromatic nitrogens is 2. The third-order valence-electron chi connectivity index (χ3n) is 3.35. The Hall–Kier alpha value is -1.35. The van der Waals surface area contributed by atoms with E-state index < -0.39 is 0 Å². The quantitative estimate of drug-likeness (QED) is 0.605. The van der Waals surface area contributed by atoms with E-state index in [0.717, 1.165) is 0 Å². The summed E-state index contributed by atoms with van der Waals surface area (Å²) in [6, 6.07) is 4.39. The number of nitrogens with zero attached hydrogens (tertiary/aromatic N) is 2. The van der Waals surface area contributed by atoms with Gasteiger partial charge in [0.15, 0.2) is 11.0 Å². The first kappa shape index (κ1) is 11.7. The molecule has 0 bridgehead atoms. The Kier molecular flexibility index (Phi) is 2.86. The second-order valence-corrected chi connectivity index (χ2v) is 4.04. The van der Waals surface area contributed by atoms with Crippen LogP contribution in [-0.2, 0) is 14.1 Å². The van der Waals surface area contributed by atoms with Crippen LogP contribution in [0.3, 0.4) is 0 Å². The fraction of sp³-hybridized carbons (Fsp3) is 0.417. The number of hydrogen-bond acceptors (Lipinski definition) is 1. The van der Waals surface area contributed by atoms with Crippen LogP contribution in [0.2, 0.25) is 0 Å². The van der Waals surface area contributed by atoms with E-state index >= 15 is 0 Å². The minimum atomic E-state index is 0. The molecule has 0 aliphatic rings. The molecule has 0 aliphatic carbocycles. The summed E-state index contributed by atoms with van der Waals surface area (Å²) in [7, 11) is 4.25. The van der Waals surface area contributed by atoms with Gasteiger partial charge >= 0.3 is 0 Å². The summed E-state index contributed by atoms with van der Waals surface area (Å²) < 4.78 is 4.50. The maximum absolute atomic E-state index is 2.26. The van der Waals surface area contributed by atoms with Gasteiger partial charge in [0.1, 0.15) is 0 Å². The smallest absolute Gasteiger partial charge is 0.253 e. The molecule has 2 rings (SSSR count). The van der Waals surface area contributed by atoms with E-state index in [9.17, 15) is 0 Å². The lowest BCUT2D eigenvalue weighted by Crippen LogP contribution is -2.31. The number of aryl methyl sites for hydroxylation is 4. The topological polar surface area (TPSA) is 38.8 Å². The van der Waals surface area contributed by atoms with Crippen molar-refractivity contribution >= 4 is 11.0 Å².